The molecule has 50 heavy (non-hydrogen) atoms. The number of aryl methyl sites for hydroxylation is 6. The number of nitrogens with zero attached hydrogens (tertiary/aromatic N) is 5. The largest absolute Gasteiger partial charge is 0.494 e. The second kappa shape index (κ2) is 12.5. The van der Waals surface area contributed by atoms with E-state index in [4.69, 9.17) is 33.0 Å². The van der Waals surface area contributed by atoms with Crippen LogP contribution in [0.15, 0.2) is 48.7 Å². The Bertz CT molecular complexity index is 2360. The Kier molecular flexibility index (Phi) is 8.47. The Morgan fingerprint density at radius 2 is 1.70 bits per heavy atom. The highest BCUT2D eigenvalue weighted by Crippen LogP contribution is 2.45. The highest BCUT2D eigenvalue weighted by molar-refractivity contribution is 6.35. The molecular weight excluding hydrogens is 673 g/mol. The lowest BCUT2D eigenvalue weighted by Gasteiger charge is -2.34. The zero-order valence-corrected chi connectivity index (χ0v) is 30.7. The molecule has 4 heterocycles. The molecule has 0 saturated heterocycles. The molecule has 0 aliphatic carbocycles. The third kappa shape index (κ3) is 5.34. The first kappa shape index (κ1) is 33.8. The molecule has 0 saturated carbocycles. The molecule has 0 bridgehead atoms. The van der Waals surface area contributed by atoms with E-state index in [0.717, 1.165) is 66.4 Å². The zero-order valence-electron chi connectivity index (χ0n) is 29.2. The number of amides is 1. The van der Waals surface area contributed by atoms with E-state index in [-0.39, 0.29) is 17.5 Å². The summed E-state index contributed by atoms with van der Waals surface area (Å²) in [6.07, 6.45) is 2.88. The predicted molar refractivity (Wildman–Crippen MR) is 200 cm³/mol. The van der Waals surface area contributed by atoms with E-state index in [9.17, 15) is 14.7 Å². The normalized spacial score (nSPS) is 14.6. The SMILES string of the molecule is Cc1cc(OCCCc2c3n(c4c(-c5c(C)nn(C)c5C)c(Cl)ccc24)[C@H](C)CN(c2ccc4c(C(=O)O)cn(C)c4c2)C3=O)cc(C)c1Cl. The van der Waals surface area contributed by atoms with Crippen LogP contribution in [0, 0.1) is 27.7 Å². The van der Waals surface area contributed by atoms with E-state index >= 15 is 0 Å². The maximum Gasteiger partial charge on any atom is 0.337 e. The van der Waals surface area contributed by atoms with Crippen LogP contribution in [0.2, 0.25) is 10.0 Å². The summed E-state index contributed by atoms with van der Waals surface area (Å²) in [5.74, 6) is -0.338. The van der Waals surface area contributed by atoms with Crippen molar-refractivity contribution in [1.29, 1.82) is 0 Å². The van der Waals surface area contributed by atoms with E-state index in [1.54, 1.807) is 16.8 Å². The Hall–Kier alpha value is -4.73. The van der Waals surface area contributed by atoms with Gasteiger partial charge in [-0.05, 0) is 101 Å². The maximum absolute atomic E-state index is 14.8. The number of carbonyl (C=O) groups is 2. The van der Waals surface area contributed by atoms with Crippen LogP contribution in [0.25, 0.3) is 32.9 Å². The molecule has 11 heteroatoms. The van der Waals surface area contributed by atoms with Gasteiger partial charge in [0.15, 0.2) is 0 Å². The number of carboxylic acid groups (broad SMARTS) is 1. The third-order valence-corrected chi connectivity index (χ3v) is 11.0. The van der Waals surface area contributed by atoms with Crippen molar-refractivity contribution < 1.29 is 19.4 Å². The molecule has 1 aliphatic heterocycles. The molecule has 0 spiro atoms. The fraction of sp³-hybridized carbons (Fsp3) is 0.308. The molecule has 1 atom stereocenters. The molecule has 0 radical (unpaired) electrons. The van der Waals surface area contributed by atoms with Gasteiger partial charge in [-0.3, -0.25) is 9.48 Å². The van der Waals surface area contributed by atoms with E-state index in [0.29, 0.717) is 47.8 Å². The summed E-state index contributed by atoms with van der Waals surface area (Å²) >= 11 is 13.4. The molecule has 258 valence electrons. The molecule has 1 aliphatic rings. The highest BCUT2D eigenvalue weighted by atomic mass is 35.5. The standard InChI is InChI=1S/C39H39Cl2N5O4/c1-20-15-26(16-21(2)35(20)41)50-14-8-9-28-29-12-13-31(40)34(33-23(4)42-44(7)24(33)5)36(29)46-22(3)18-45(38(47)37(28)46)25-10-11-27-30(39(48)49)19-43(6)32(27)17-25/h10-13,15-17,19,22H,8-9,14,18H2,1-7H3,(H,48,49)/t22-/m1/s1. The summed E-state index contributed by atoms with van der Waals surface area (Å²) in [6, 6.07) is 13.3. The van der Waals surface area contributed by atoms with E-state index < -0.39 is 5.97 Å². The van der Waals surface area contributed by atoms with E-state index in [2.05, 4.69) is 11.5 Å². The Morgan fingerprint density at radius 3 is 2.36 bits per heavy atom. The van der Waals surface area contributed by atoms with Crippen LogP contribution in [0.4, 0.5) is 5.69 Å². The predicted octanol–water partition coefficient (Wildman–Crippen LogP) is 9.01. The molecule has 6 aromatic rings. The van der Waals surface area contributed by atoms with Crippen molar-refractivity contribution in [3.8, 4) is 16.9 Å². The van der Waals surface area contributed by atoms with Crippen LogP contribution in [0.1, 0.15) is 68.3 Å². The minimum Gasteiger partial charge on any atom is -0.494 e. The third-order valence-electron chi connectivity index (χ3n) is 10.1. The molecule has 1 amide bonds. The number of rotatable bonds is 8. The number of aromatic nitrogens is 4. The summed E-state index contributed by atoms with van der Waals surface area (Å²) in [7, 11) is 3.74. The van der Waals surface area contributed by atoms with Crippen molar-refractivity contribution in [1.82, 2.24) is 18.9 Å². The average Bonchev–Trinajstić information content (AvgIpc) is 3.67. The van der Waals surface area contributed by atoms with E-state index in [1.165, 1.54) is 0 Å². The minimum atomic E-state index is -0.987. The molecule has 3 aromatic heterocycles. The first-order valence-electron chi connectivity index (χ1n) is 16.7. The first-order chi connectivity index (χ1) is 23.8. The van der Waals surface area contributed by atoms with Crippen LogP contribution in [-0.4, -0.2) is 49.0 Å². The van der Waals surface area contributed by atoms with Gasteiger partial charge in [0.2, 0.25) is 0 Å². The summed E-state index contributed by atoms with van der Waals surface area (Å²) in [4.78, 5) is 28.5. The number of aromatic carboxylic acids is 1. The maximum atomic E-state index is 14.8. The van der Waals surface area contributed by atoms with Crippen molar-refractivity contribution in [2.24, 2.45) is 14.1 Å². The van der Waals surface area contributed by atoms with Gasteiger partial charge in [-0.1, -0.05) is 29.3 Å². The summed E-state index contributed by atoms with van der Waals surface area (Å²) in [5.41, 5.74) is 9.81. The number of anilines is 1. The van der Waals surface area contributed by atoms with E-state index in [1.807, 2.05) is 87.8 Å². The topological polar surface area (TPSA) is 94.5 Å². The molecule has 3 aromatic carbocycles. The lowest BCUT2D eigenvalue weighted by atomic mass is 9.98. The van der Waals surface area contributed by atoms with Crippen molar-refractivity contribution >= 4 is 62.6 Å². The number of carboxylic acids is 1. The summed E-state index contributed by atoms with van der Waals surface area (Å²) in [6.45, 7) is 11.0. The van der Waals surface area contributed by atoms with Crippen LogP contribution < -0.4 is 9.64 Å². The quantitative estimate of drug-likeness (QED) is 0.159. The molecule has 9 nitrogen and oxygen atoms in total. The van der Waals surface area contributed by atoms with Gasteiger partial charge < -0.3 is 23.9 Å². The Labute approximate surface area is 300 Å². The smallest absolute Gasteiger partial charge is 0.337 e. The van der Waals surface area contributed by atoms with Crippen molar-refractivity contribution in [2.75, 3.05) is 18.1 Å². The fourth-order valence-corrected chi connectivity index (χ4v) is 8.02. The second-order valence-electron chi connectivity index (χ2n) is 13.4. The van der Waals surface area contributed by atoms with Crippen LogP contribution >= 0.6 is 23.2 Å². The number of halogens is 2. The Balaban J connectivity index is 1.35. The monoisotopic (exact) mass is 711 g/mol. The van der Waals surface area contributed by atoms with Crippen LogP contribution in [0.3, 0.4) is 0 Å². The fourth-order valence-electron chi connectivity index (χ4n) is 7.66. The number of hydrogen-bond acceptors (Lipinski definition) is 4. The van der Waals surface area contributed by atoms with Gasteiger partial charge in [-0.25, -0.2) is 4.79 Å². The van der Waals surface area contributed by atoms with Gasteiger partial charge in [-0.2, -0.15) is 5.10 Å². The number of ether oxygens (including phenoxy) is 1. The molecular formula is C39H39Cl2N5O4. The zero-order chi connectivity index (χ0) is 35.8. The van der Waals surface area contributed by atoms with Gasteiger partial charge in [0.05, 0.1) is 33.9 Å². The van der Waals surface area contributed by atoms with Gasteiger partial charge in [0, 0.05) is 71.2 Å². The minimum absolute atomic E-state index is 0.108. The summed E-state index contributed by atoms with van der Waals surface area (Å²) < 4.78 is 12.0. The number of hydrogen-bond donors (Lipinski definition) is 1. The Morgan fingerprint density at radius 1 is 1.00 bits per heavy atom. The van der Waals surface area contributed by atoms with Crippen molar-refractivity contribution in [3.63, 3.8) is 0 Å². The van der Waals surface area contributed by atoms with Gasteiger partial charge >= 0.3 is 5.97 Å². The van der Waals surface area contributed by atoms with Gasteiger partial charge in [0.25, 0.3) is 5.91 Å². The molecule has 0 unspecified atom stereocenters. The molecule has 7 rings (SSSR count). The van der Waals surface area contributed by atoms with Crippen LogP contribution in [-0.2, 0) is 20.5 Å². The lowest BCUT2D eigenvalue weighted by molar-refractivity contribution is 0.0698. The van der Waals surface area contributed by atoms with Gasteiger partial charge in [0.1, 0.15) is 11.4 Å². The summed E-state index contributed by atoms with van der Waals surface area (Å²) in [5, 5.41) is 17.4. The molecule has 0 fully saturated rings. The van der Waals surface area contributed by atoms with Crippen molar-refractivity contribution in [2.45, 2.75) is 53.5 Å². The number of fused-ring (bicyclic) bond motifs is 4. The van der Waals surface area contributed by atoms with Crippen LogP contribution in [0.5, 0.6) is 5.75 Å². The molecule has 1 N–H and O–H groups in total. The van der Waals surface area contributed by atoms with Crippen molar-refractivity contribution in [3.05, 3.63) is 98.0 Å². The highest BCUT2D eigenvalue weighted by Gasteiger charge is 2.37. The average molecular weight is 713 g/mol. The second-order valence-corrected chi connectivity index (χ2v) is 14.2. The first-order valence-corrected chi connectivity index (χ1v) is 17.4. The number of benzene rings is 3. The lowest BCUT2D eigenvalue weighted by Crippen LogP contribution is -2.42. The number of carbonyl (C=O) groups excluding carboxylic acids is 1. The van der Waals surface area contributed by atoms with Gasteiger partial charge in [-0.15, -0.1) is 0 Å².